The van der Waals surface area contributed by atoms with Crippen LogP contribution in [0.4, 0.5) is 9.59 Å². The molecule has 1 aliphatic heterocycles. The van der Waals surface area contributed by atoms with E-state index < -0.39 is 23.7 Å². The zero-order valence-electron chi connectivity index (χ0n) is 19.9. The van der Waals surface area contributed by atoms with E-state index in [9.17, 15) is 19.5 Å². The first kappa shape index (κ1) is 25.0. The lowest BCUT2D eigenvalue weighted by atomic mass is 10.1. The van der Waals surface area contributed by atoms with Crippen LogP contribution in [0, 0.1) is 0 Å². The molecule has 1 aromatic heterocycles. The van der Waals surface area contributed by atoms with Crippen molar-refractivity contribution in [1.29, 1.82) is 0 Å². The van der Waals surface area contributed by atoms with Crippen LogP contribution in [0.1, 0.15) is 48.1 Å². The summed E-state index contributed by atoms with van der Waals surface area (Å²) in [5.41, 5.74) is 1.55. The molecule has 2 aromatic rings. The molecule has 0 bridgehead atoms. The molecule has 0 saturated heterocycles. The minimum atomic E-state index is -0.784. The van der Waals surface area contributed by atoms with Gasteiger partial charge in [-0.2, -0.15) is 5.10 Å². The largest absolute Gasteiger partial charge is 0.444 e. The molecule has 11 heteroatoms. The maximum Gasteiger partial charge on any atom is 0.429 e. The van der Waals surface area contributed by atoms with Crippen LogP contribution in [0.3, 0.4) is 0 Å². The monoisotopic (exact) mass is 473 g/mol. The first-order valence-corrected chi connectivity index (χ1v) is 11.0. The predicted molar refractivity (Wildman–Crippen MR) is 121 cm³/mol. The van der Waals surface area contributed by atoms with Crippen LogP contribution >= 0.6 is 0 Å². The van der Waals surface area contributed by atoms with Crippen LogP contribution in [-0.4, -0.2) is 80.7 Å². The van der Waals surface area contributed by atoms with Crippen molar-refractivity contribution in [2.24, 2.45) is 0 Å². The molecule has 0 aliphatic carbocycles. The van der Waals surface area contributed by atoms with Crippen molar-refractivity contribution in [3.05, 3.63) is 52.8 Å². The van der Waals surface area contributed by atoms with E-state index in [1.54, 1.807) is 20.8 Å². The third-order valence-corrected chi connectivity index (χ3v) is 5.17. The zero-order chi connectivity index (χ0) is 24.9. The van der Waals surface area contributed by atoms with Gasteiger partial charge in [-0.15, -0.1) is 0 Å². The molecular formula is C23H31N5O6. The second kappa shape index (κ2) is 10.6. The van der Waals surface area contributed by atoms with Gasteiger partial charge in [0.25, 0.3) is 5.91 Å². The third-order valence-electron chi connectivity index (χ3n) is 5.17. The summed E-state index contributed by atoms with van der Waals surface area (Å²) < 4.78 is 10.8. The van der Waals surface area contributed by atoms with Gasteiger partial charge in [0.2, 0.25) is 0 Å². The van der Waals surface area contributed by atoms with Gasteiger partial charge >= 0.3 is 12.2 Å². The van der Waals surface area contributed by atoms with Gasteiger partial charge in [-0.3, -0.25) is 9.89 Å². The number of benzene rings is 1. The number of amides is 3. The van der Waals surface area contributed by atoms with Crippen molar-refractivity contribution < 1.29 is 29.0 Å². The molecule has 34 heavy (non-hydrogen) atoms. The number of hydrazine groups is 1. The van der Waals surface area contributed by atoms with Crippen molar-refractivity contribution in [2.75, 3.05) is 26.7 Å². The van der Waals surface area contributed by atoms with Gasteiger partial charge in [0.1, 0.15) is 12.2 Å². The SMILES string of the molecule is CN(C(=O)c1n[nH]c2c1CN(C(=O)OC(C)(C)C)CC2)N(CCO)C(=O)OCc1ccccc1. The number of ether oxygens (including phenoxy) is 2. The van der Waals surface area contributed by atoms with E-state index in [1.165, 1.54) is 11.9 Å². The molecule has 0 unspecified atom stereocenters. The maximum absolute atomic E-state index is 13.3. The van der Waals surface area contributed by atoms with Crippen molar-refractivity contribution >= 4 is 18.1 Å². The molecule has 3 rings (SSSR count). The van der Waals surface area contributed by atoms with Crippen LogP contribution in [-0.2, 0) is 29.0 Å². The number of H-pyrrole nitrogens is 1. The summed E-state index contributed by atoms with van der Waals surface area (Å²) in [5.74, 6) is -0.575. The smallest absolute Gasteiger partial charge is 0.429 e. The molecule has 11 nitrogen and oxygen atoms in total. The Balaban J connectivity index is 1.72. The van der Waals surface area contributed by atoms with Crippen LogP contribution in [0.2, 0.25) is 0 Å². The Kier molecular flexibility index (Phi) is 7.77. The summed E-state index contributed by atoms with van der Waals surface area (Å²) >= 11 is 0. The van der Waals surface area contributed by atoms with E-state index >= 15 is 0 Å². The fourth-order valence-corrected chi connectivity index (χ4v) is 3.47. The lowest BCUT2D eigenvalue weighted by Crippen LogP contribution is -2.49. The Morgan fingerprint density at radius 1 is 1.21 bits per heavy atom. The Bertz CT molecular complexity index is 1020. The predicted octanol–water partition coefficient (Wildman–Crippen LogP) is 2.32. The number of hydrogen-bond donors (Lipinski definition) is 2. The van der Waals surface area contributed by atoms with Crippen LogP contribution in [0.25, 0.3) is 0 Å². The molecule has 0 spiro atoms. The Morgan fingerprint density at radius 3 is 2.56 bits per heavy atom. The standard InChI is InChI=1S/C23H31N5O6/c1-23(2,3)34-21(31)27-11-10-18-17(14-27)19(25-24-18)20(30)26(4)28(12-13-29)22(32)33-15-16-8-6-5-7-9-16/h5-9,29H,10-15H2,1-4H3,(H,24,25). The topological polar surface area (TPSA) is 128 Å². The van der Waals surface area contributed by atoms with Crippen molar-refractivity contribution in [3.8, 4) is 0 Å². The van der Waals surface area contributed by atoms with Gasteiger partial charge in [-0.05, 0) is 26.3 Å². The molecule has 2 heterocycles. The molecule has 2 N–H and O–H groups in total. The van der Waals surface area contributed by atoms with Crippen molar-refractivity contribution in [2.45, 2.75) is 45.9 Å². The minimum absolute atomic E-state index is 0.0201. The molecular weight excluding hydrogens is 442 g/mol. The molecule has 0 fully saturated rings. The fraction of sp³-hybridized carbons (Fsp3) is 0.478. The number of rotatable bonds is 5. The highest BCUT2D eigenvalue weighted by Gasteiger charge is 2.33. The first-order valence-electron chi connectivity index (χ1n) is 11.0. The number of aromatic amines is 1. The lowest BCUT2D eigenvalue weighted by molar-refractivity contribution is -0.00882. The summed E-state index contributed by atoms with van der Waals surface area (Å²) in [6.45, 7) is 5.43. The van der Waals surface area contributed by atoms with E-state index in [-0.39, 0.29) is 32.0 Å². The maximum atomic E-state index is 13.3. The molecule has 1 aromatic carbocycles. The first-order chi connectivity index (χ1) is 16.1. The van der Waals surface area contributed by atoms with Gasteiger partial charge in [0.15, 0.2) is 5.69 Å². The number of fused-ring (bicyclic) bond motifs is 1. The number of nitrogens with one attached hydrogen (secondary N) is 1. The van der Waals surface area contributed by atoms with E-state index in [1.807, 2.05) is 30.3 Å². The van der Waals surface area contributed by atoms with E-state index in [0.717, 1.165) is 21.3 Å². The van der Waals surface area contributed by atoms with Gasteiger partial charge in [-0.25, -0.2) is 19.6 Å². The highest BCUT2D eigenvalue weighted by Crippen LogP contribution is 2.23. The Morgan fingerprint density at radius 2 is 1.91 bits per heavy atom. The van der Waals surface area contributed by atoms with Gasteiger partial charge < -0.3 is 19.5 Å². The van der Waals surface area contributed by atoms with Gasteiger partial charge in [0.05, 0.1) is 19.7 Å². The van der Waals surface area contributed by atoms with Crippen molar-refractivity contribution in [3.63, 3.8) is 0 Å². The van der Waals surface area contributed by atoms with E-state index in [0.29, 0.717) is 18.5 Å². The van der Waals surface area contributed by atoms with E-state index in [4.69, 9.17) is 9.47 Å². The molecule has 1 aliphatic rings. The number of nitrogens with zero attached hydrogens (tertiary/aromatic N) is 4. The molecule has 0 atom stereocenters. The third kappa shape index (κ3) is 6.04. The lowest BCUT2D eigenvalue weighted by Gasteiger charge is -2.31. The van der Waals surface area contributed by atoms with Gasteiger partial charge in [0, 0.05) is 31.3 Å². The number of aliphatic hydroxyl groups is 1. The Hall–Kier alpha value is -3.60. The highest BCUT2D eigenvalue weighted by atomic mass is 16.6. The second-order valence-corrected chi connectivity index (χ2v) is 8.90. The van der Waals surface area contributed by atoms with E-state index in [2.05, 4.69) is 10.2 Å². The fourth-order valence-electron chi connectivity index (χ4n) is 3.47. The van der Waals surface area contributed by atoms with Crippen LogP contribution in [0.15, 0.2) is 30.3 Å². The minimum Gasteiger partial charge on any atom is -0.444 e. The molecule has 0 saturated carbocycles. The molecule has 184 valence electrons. The van der Waals surface area contributed by atoms with Crippen LogP contribution < -0.4 is 0 Å². The summed E-state index contributed by atoms with van der Waals surface area (Å²) in [6, 6.07) is 9.12. The summed E-state index contributed by atoms with van der Waals surface area (Å²) in [6.07, 6.45) is -0.774. The normalized spacial score (nSPS) is 13.1. The second-order valence-electron chi connectivity index (χ2n) is 8.90. The number of carbonyl (C=O) groups is 3. The summed E-state index contributed by atoms with van der Waals surface area (Å²) in [4.78, 5) is 40.0. The number of carbonyl (C=O) groups excluding carboxylic acids is 3. The van der Waals surface area contributed by atoms with Gasteiger partial charge in [-0.1, -0.05) is 30.3 Å². The summed E-state index contributed by atoms with van der Waals surface area (Å²) in [7, 11) is 1.40. The summed E-state index contributed by atoms with van der Waals surface area (Å²) in [5, 5.41) is 18.5. The highest BCUT2D eigenvalue weighted by molar-refractivity contribution is 5.94. The van der Waals surface area contributed by atoms with Crippen molar-refractivity contribution in [1.82, 2.24) is 25.1 Å². The Labute approximate surface area is 198 Å². The number of aliphatic hydroxyl groups excluding tert-OH is 1. The quantitative estimate of drug-likeness (QED) is 0.638. The zero-order valence-corrected chi connectivity index (χ0v) is 19.9. The average Bonchev–Trinajstić information content (AvgIpc) is 3.23. The van der Waals surface area contributed by atoms with Crippen LogP contribution in [0.5, 0.6) is 0 Å². The number of aromatic nitrogens is 2. The average molecular weight is 474 g/mol. The molecule has 3 amide bonds. The number of hydrogen-bond acceptors (Lipinski definition) is 7. The molecule has 0 radical (unpaired) electrons.